The normalized spacial score (nSPS) is 10.6. The first-order valence-electron chi connectivity index (χ1n) is 6.09. The van der Waals surface area contributed by atoms with E-state index in [0.29, 0.717) is 5.82 Å². The molecule has 2 aromatic rings. The third kappa shape index (κ3) is 3.09. The molecule has 0 amide bonds. The molecule has 0 bridgehead atoms. The van der Waals surface area contributed by atoms with Crippen molar-refractivity contribution in [1.82, 2.24) is 9.97 Å². The molecule has 0 aliphatic rings. The van der Waals surface area contributed by atoms with Gasteiger partial charge < -0.3 is 10.4 Å². The molecule has 0 aliphatic heterocycles. The molecule has 1 aromatic carbocycles. The zero-order chi connectivity index (χ0) is 14.7. The first-order chi connectivity index (χ1) is 9.47. The van der Waals surface area contributed by atoms with Gasteiger partial charge in [0, 0.05) is 11.8 Å². The van der Waals surface area contributed by atoms with Crippen molar-refractivity contribution in [2.75, 3.05) is 5.32 Å². The van der Waals surface area contributed by atoms with Crippen LogP contribution in [0.3, 0.4) is 0 Å². The first-order valence-corrected chi connectivity index (χ1v) is 6.09. The number of halogens is 1. The van der Waals surface area contributed by atoms with Crippen LogP contribution in [-0.4, -0.2) is 21.0 Å². The minimum absolute atomic E-state index is 0.0985. The number of rotatable bonds is 4. The zero-order valence-corrected chi connectivity index (χ0v) is 11.1. The highest BCUT2D eigenvalue weighted by molar-refractivity contribution is 5.88. The number of aromatic carboxylic acids is 1. The fourth-order valence-corrected chi connectivity index (χ4v) is 1.64. The molecule has 1 aromatic heterocycles. The van der Waals surface area contributed by atoms with Gasteiger partial charge in [0.1, 0.15) is 18.0 Å². The summed E-state index contributed by atoms with van der Waals surface area (Å²) in [4.78, 5) is 18.9. The second kappa shape index (κ2) is 5.64. The molecule has 0 saturated carbocycles. The number of aromatic nitrogens is 2. The number of benzene rings is 1. The monoisotopic (exact) mass is 275 g/mol. The molecule has 0 saturated heterocycles. The summed E-state index contributed by atoms with van der Waals surface area (Å²) in [5.74, 6) is -1.11. The molecule has 0 spiro atoms. The molecule has 20 heavy (non-hydrogen) atoms. The standard InChI is InChI=1S/C14H14FN3O2/c1-8(2)12-6-13(17-7-16-12)18-11-4-3-9(14(19)20)5-10(11)15/h3-8H,1-2H3,(H,19,20)(H,16,17,18). The van der Waals surface area contributed by atoms with Crippen molar-refractivity contribution in [2.45, 2.75) is 19.8 Å². The summed E-state index contributed by atoms with van der Waals surface area (Å²) in [5, 5.41) is 11.6. The Kier molecular flexibility index (Phi) is 3.93. The molecule has 0 radical (unpaired) electrons. The van der Waals surface area contributed by atoms with Gasteiger partial charge in [-0.15, -0.1) is 0 Å². The maximum atomic E-state index is 13.8. The van der Waals surface area contributed by atoms with Crippen LogP contribution >= 0.6 is 0 Å². The van der Waals surface area contributed by atoms with Gasteiger partial charge in [-0.05, 0) is 24.1 Å². The van der Waals surface area contributed by atoms with Crippen molar-refractivity contribution in [3.8, 4) is 0 Å². The van der Waals surface area contributed by atoms with Gasteiger partial charge in [0.05, 0.1) is 11.3 Å². The number of nitrogens with one attached hydrogen (secondary N) is 1. The van der Waals surface area contributed by atoms with Crippen LogP contribution < -0.4 is 5.32 Å². The average Bonchev–Trinajstić information content (AvgIpc) is 2.41. The van der Waals surface area contributed by atoms with Crippen molar-refractivity contribution >= 4 is 17.5 Å². The lowest BCUT2D eigenvalue weighted by Gasteiger charge is -2.09. The fraction of sp³-hybridized carbons (Fsp3) is 0.214. The molecular weight excluding hydrogens is 261 g/mol. The van der Waals surface area contributed by atoms with Crippen LogP contribution in [0.5, 0.6) is 0 Å². The SMILES string of the molecule is CC(C)c1cc(Nc2ccc(C(=O)O)cc2F)ncn1. The van der Waals surface area contributed by atoms with Crippen LogP contribution in [-0.2, 0) is 0 Å². The number of hydrogen-bond donors (Lipinski definition) is 2. The van der Waals surface area contributed by atoms with Gasteiger partial charge >= 0.3 is 5.97 Å². The van der Waals surface area contributed by atoms with Gasteiger partial charge in [-0.1, -0.05) is 13.8 Å². The number of nitrogens with zero attached hydrogens (tertiary/aromatic N) is 2. The highest BCUT2D eigenvalue weighted by atomic mass is 19.1. The average molecular weight is 275 g/mol. The third-order valence-electron chi connectivity index (χ3n) is 2.76. The second-order valence-corrected chi connectivity index (χ2v) is 4.61. The highest BCUT2D eigenvalue weighted by Gasteiger charge is 2.09. The minimum Gasteiger partial charge on any atom is -0.478 e. The Labute approximate surface area is 115 Å². The Morgan fingerprint density at radius 1 is 1.30 bits per heavy atom. The van der Waals surface area contributed by atoms with Gasteiger partial charge in [-0.3, -0.25) is 0 Å². The summed E-state index contributed by atoms with van der Waals surface area (Å²) in [6, 6.07) is 5.40. The lowest BCUT2D eigenvalue weighted by Crippen LogP contribution is -2.02. The van der Waals surface area contributed by atoms with Gasteiger partial charge in [0.15, 0.2) is 0 Å². The zero-order valence-electron chi connectivity index (χ0n) is 11.1. The van der Waals surface area contributed by atoms with Gasteiger partial charge in [-0.2, -0.15) is 0 Å². The predicted octanol–water partition coefficient (Wildman–Crippen LogP) is 3.18. The van der Waals surface area contributed by atoms with E-state index < -0.39 is 11.8 Å². The van der Waals surface area contributed by atoms with Crippen molar-refractivity contribution in [1.29, 1.82) is 0 Å². The lowest BCUT2D eigenvalue weighted by atomic mass is 10.1. The summed E-state index contributed by atoms with van der Waals surface area (Å²) in [6.45, 7) is 3.99. The van der Waals surface area contributed by atoms with E-state index in [2.05, 4.69) is 15.3 Å². The number of carboxylic acid groups (broad SMARTS) is 1. The molecule has 2 N–H and O–H groups in total. The maximum Gasteiger partial charge on any atom is 0.335 e. The lowest BCUT2D eigenvalue weighted by molar-refractivity contribution is 0.0696. The predicted molar refractivity (Wildman–Crippen MR) is 72.8 cm³/mol. The van der Waals surface area contributed by atoms with Crippen molar-refractivity contribution < 1.29 is 14.3 Å². The molecule has 2 rings (SSSR count). The van der Waals surface area contributed by atoms with Gasteiger partial charge in [-0.25, -0.2) is 19.2 Å². The minimum atomic E-state index is -1.17. The molecule has 0 fully saturated rings. The Balaban J connectivity index is 2.26. The third-order valence-corrected chi connectivity index (χ3v) is 2.76. The van der Waals surface area contributed by atoms with Crippen molar-refractivity contribution in [3.63, 3.8) is 0 Å². The van der Waals surface area contributed by atoms with E-state index in [4.69, 9.17) is 5.11 Å². The van der Waals surface area contributed by atoms with Crippen LogP contribution in [0.1, 0.15) is 35.8 Å². The van der Waals surface area contributed by atoms with E-state index in [1.807, 2.05) is 13.8 Å². The number of hydrogen-bond acceptors (Lipinski definition) is 4. The summed E-state index contributed by atoms with van der Waals surface area (Å²) < 4.78 is 13.8. The van der Waals surface area contributed by atoms with Crippen LogP contribution in [0.2, 0.25) is 0 Å². The molecule has 0 unspecified atom stereocenters. The van der Waals surface area contributed by atoms with E-state index in [-0.39, 0.29) is 17.2 Å². The summed E-state index contributed by atoms with van der Waals surface area (Å²) in [7, 11) is 0. The summed E-state index contributed by atoms with van der Waals surface area (Å²) in [6.07, 6.45) is 1.40. The topological polar surface area (TPSA) is 75.1 Å². The van der Waals surface area contributed by atoms with Crippen LogP contribution in [0.15, 0.2) is 30.6 Å². The van der Waals surface area contributed by atoms with Crippen LogP contribution in [0.4, 0.5) is 15.9 Å². The van der Waals surface area contributed by atoms with E-state index in [1.165, 1.54) is 18.5 Å². The molecule has 5 nitrogen and oxygen atoms in total. The molecule has 104 valence electrons. The molecule has 1 heterocycles. The molecule has 6 heteroatoms. The quantitative estimate of drug-likeness (QED) is 0.896. The Bertz CT molecular complexity index is 644. The van der Waals surface area contributed by atoms with Crippen LogP contribution in [0, 0.1) is 5.82 Å². The summed E-state index contributed by atoms with van der Waals surface area (Å²) >= 11 is 0. The van der Waals surface area contributed by atoms with Crippen LogP contribution in [0.25, 0.3) is 0 Å². The van der Waals surface area contributed by atoms with E-state index >= 15 is 0 Å². The number of carboxylic acids is 1. The van der Waals surface area contributed by atoms with Crippen molar-refractivity contribution in [3.05, 3.63) is 47.7 Å². The molecule has 0 aliphatic carbocycles. The Morgan fingerprint density at radius 3 is 2.65 bits per heavy atom. The second-order valence-electron chi connectivity index (χ2n) is 4.61. The van der Waals surface area contributed by atoms with E-state index in [1.54, 1.807) is 6.07 Å². The highest BCUT2D eigenvalue weighted by Crippen LogP contribution is 2.21. The van der Waals surface area contributed by atoms with Crippen molar-refractivity contribution in [2.24, 2.45) is 0 Å². The maximum absolute atomic E-state index is 13.8. The van der Waals surface area contributed by atoms with Gasteiger partial charge in [0.25, 0.3) is 0 Å². The fourth-order valence-electron chi connectivity index (χ4n) is 1.64. The first kappa shape index (κ1) is 13.9. The molecule has 0 atom stereocenters. The van der Waals surface area contributed by atoms with E-state index in [0.717, 1.165) is 11.8 Å². The number of carbonyl (C=O) groups is 1. The van der Waals surface area contributed by atoms with E-state index in [9.17, 15) is 9.18 Å². The molecular formula is C14H14FN3O2. The Morgan fingerprint density at radius 2 is 2.05 bits per heavy atom. The summed E-state index contributed by atoms with van der Waals surface area (Å²) in [5.41, 5.74) is 0.909. The van der Waals surface area contributed by atoms with Gasteiger partial charge in [0.2, 0.25) is 0 Å². The number of anilines is 2. The smallest absolute Gasteiger partial charge is 0.335 e. The Hall–Kier alpha value is -2.50. The largest absolute Gasteiger partial charge is 0.478 e.